The van der Waals surface area contributed by atoms with E-state index in [1.165, 1.54) is 36.4 Å². The average Bonchev–Trinajstić information content (AvgIpc) is 2.55. The minimum Gasteiger partial charge on any atom is -0.385 e. The van der Waals surface area contributed by atoms with Gasteiger partial charge in [0, 0.05) is 48.6 Å². The van der Waals surface area contributed by atoms with Gasteiger partial charge >= 0.3 is 0 Å². The van der Waals surface area contributed by atoms with Crippen LogP contribution in [0.1, 0.15) is 6.42 Å². The van der Waals surface area contributed by atoms with Crippen LogP contribution in [-0.4, -0.2) is 22.3 Å². The van der Waals surface area contributed by atoms with Gasteiger partial charge in [-0.3, -0.25) is 25.0 Å². The van der Waals surface area contributed by atoms with E-state index in [1.807, 2.05) is 0 Å². The minimum absolute atomic E-state index is 0.00327. The van der Waals surface area contributed by atoms with Crippen molar-refractivity contribution in [2.75, 3.05) is 17.2 Å². The lowest BCUT2D eigenvalue weighted by atomic mass is 10.2. The van der Waals surface area contributed by atoms with Crippen molar-refractivity contribution in [2.24, 2.45) is 0 Å². The summed E-state index contributed by atoms with van der Waals surface area (Å²) in [7, 11) is 0. The van der Waals surface area contributed by atoms with Crippen molar-refractivity contribution in [2.45, 2.75) is 6.42 Å². The molecule has 0 saturated carbocycles. The van der Waals surface area contributed by atoms with E-state index in [0.717, 1.165) is 0 Å². The predicted octanol–water partition coefficient (Wildman–Crippen LogP) is 2.94. The Hall–Kier alpha value is -3.49. The number of nitrogens with one attached hydrogen (secondary N) is 2. The Morgan fingerprint density at radius 3 is 1.75 bits per heavy atom. The van der Waals surface area contributed by atoms with Crippen LogP contribution in [0, 0.1) is 20.2 Å². The lowest BCUT2D eigenvalue weighted by Gasteiger charge is -2.07. The number of carbonyl (C=O) groups excluding carboxylic acids is 1. The number of nitro benzene ring substituents is 2. The van der Waals surface area contributed by atoms with Crippen molar-refractivity contribution in [3.63, 3.8) is 0 Å². The summed E-state index contributed by atoms with van der Waals surface area (Å²) >= 11 is 0. The third-order valence-electron chi connectivity index (χ3n) is 3.12. The number of nitrogens with zero attached hydrogens (tertiary/aromatic N) is 2. The first-order chi connectivity index (χ1) is 11.5. The Balaban J connectivity index is 1.78. The highest BCUT2D eigenvalue weighted by Crippen LogP contribution is 2.16. The Morgan fingerprint density at radius 2 is 1.29 bits per heavy atom. The van der Waals surface area contributed by atoms with Crippen molar-refractivity contribution < 1.29 is 14.6 Å². The highest BCUT2D eigenvalue weighted by molar-refractivity contribution is 5.91. The molecule has 124 valence electrons. The first-order valence-corrected chi connectivity index (χ1v) is 6.98. The van der Waals surface area contributed by atoms with Gasteiger partial charge in [0.2, 0.25) is 5.91 Å². The van der Waals surface area contributed by atoms with Crippen molar-refractivity contribution in [3.05, 3.63) is 68.8 Å². The molecule has 2 aromatic carbocycles. The van der Waals surface area contributed by atoms with Crippen molar-refractivity contribution >= 4 is 28.7 Å². The number of carbonyl (C=O) groups is 1. The highest BCUT2D eigenvalue weighted by Gasteiger charge is 2.07. The van der Waals surface area contributed by atoms with Gasteiger partial charge in [0.1, 0.15) is 0 Å². The number of nitro groups is 2. The quantitative estimate of drug-likeness (QED) is 0.593. The summed E-state index contributed by atoms with van der Waals surface area (Å²) in [6, 6.07) is 11.4. The van der Waals surface area contributed by atoms with E-state index in [9.17, 15) is 25.0 Å². The van der Waals surface area contributed by atoms with Gasteiger partial charge in [0.25, 0.3) is 11.4 Å². The molecule has 2 rings (SSSR count). The van der Waals surface area contributed by atoms with Gasteiger partial charge < -0.3 is 10.6 Å². The van der Waals surface area contributed by atoms with Gasteiger partial charge in [-0.1, -0.05) is 0 Å². The van der Waals surface area contributed by atoms with E-state index in [1.54, 1.807) is 12.1 Å². The zero-order valence-electron chi connectivity index (χ0n) is 12.5. The molecule has 0 saturated heterocycles. The Bertz CT molecular complexity index is 743. The zero-order chi connectivity index (χ0) is 17.5. The molecule has 2 aromatic rings. The molecule has 0 bridgehead atoms. The predicted molar refractivity (Wildman–Crippen MR) is 87.9 cm³/mol. The number of non-ortho nitro benzene ring substituents is 2. The average molecular weight is 330 g/mol. The van der Waals surface area contributed by atoms with Crippen molar-refractivity contribution in [1.82, 2.24) is 0 Å². The number of anilines is 2. The molecular weight excluding hydrogens is 316 g/mol. The first kappa shape index (κ1) is 16.9. The molecule has 0 aliphatic rings. The lowest BCUT2D eigenvalue weighted by Crippen LogP contribution is -2.16. The van der Waals surface area contributed by atoms with Gasteiger partial charge in [-0.25, -0.2) is 0 Å². The third kappa shape index (κ3) is 4.77. The molecule has 0 unspecified atom stereocenters. The molecule has 0 aliphatic heterocycles. The van der Waals surface area contributed by atoms with Crippen molar-refractivity contribution in [3.8, 4) is 0 Å². The molecule has 0 aliphatic carbocycles. The largest absolute Gasteiger partial charge is 0.385 e. The number of rotatable bonds is 7. The van der Waals surface area contributed by atoms with Crippen LogP contribution >= 0.6 is 0 Å². The molecule has 0 heterocycles. The summed E-state index contributed by atoms with van der Waals surface area (Å²) in [6.07, 6.45) is 0.175. The Morgan fingerprint density at radius 1 is 0.833 bits per heavy atom. The zero-order valence-corrected chi connectivity index (χ0v) is 12.5. The maximum atomic E-state index is 11.8. The van der Waals surface area contributed by atoms with Crippen LogP contribution in [0.15, 0.2) is 48.5 Å². The fourth-order valence-electron chi connectivity index (χ4n) is 1.91. The third-order valence-corrected chi connectivity index (χ3v) is 3.12. The summed E-state index contributed by atoms with van der Waals surface area (Å²) < 4.78 is 0. The Kier molecular flexibility index (Phi) is 5.40. The van der Waals surface area contributed by atoms with Crippen LogP contribution in [0.2, 0.25) is 0 Å². The number of benzene rings is 2. The molecular formula is C15H14N4O5. The van der Waals surface area contributed by atoms with E-state index >= 15 is 0 Å². The molecule has 0 aromatic heterocycles. The van der Waals surface area contributed by atoms with Gasteiger partial charge in [0.05, 0.1) is 9.85 Å². The van der Waals surface area contributed by atoms with Crippen LogP contribution in [-0.2, 0) is 4.79 Å². The SMILES string of the molecule is O=C(CCNc1ccc([N+](=O)[O-])cc1)Nc1ccc([N+](=O)[O-])cc1. The number of hydrogen-bond acceptors (Lipinski definition) is 6. The summed E-state index contributed by atoms with van der Waals surface area (Å²) in [5.41, 5.74) is 1.09. The standard InChI is InChI=1S/C15H14N4O5/c20-15(17-12-3-7-14(8-4-12)19(23)24)9-10-16-11-1-5-13(6-2-11)18(21)22/h1-8,16H,9-10H2,(H,17,20). The number of amides is 1. The molecule has 24 heavy (non-hydrogen) atoms. The molecule has 0 fully saturated rings. The van der Waals surface area contributed by atoms with Gasteiger partial charge in [-0.2, -0.15) is 0 Å². The molecule has 9 heteroatoms. The van der Waals surface area contributed by atoms with Crippen LogP contribution in [0.3, 0.4) is 0 Å². The second kappa shape index (κ2) is 7.68. The lowest BCUT2D eigenvalue weighted by molar-refractivity contribution is -0.385. The Labute approximate surface area is 136 Å². The molecule has 0 radical (unpaired) electrons. The van der Waals surface area contributed by atoms with Gasteiger partial charge in [0.15, 0.2) is 0 Å². The number of hydrogen-bond donors (Lipinski definition) is 2. The second-order valence-electron chi connectivity index (χ2n) is 4.83. The molecule has 1 amide bonds. The van der Waals surface area contributed by atoms with Gasteiger partial charge in [-0.15, -0.1) is 0 Å². The summed E-state index contributed by atoms with van der Waals surface area (Å²) in [4.78, 5) is 31.9. The van der Waals surface area contributed by atoms with E-state index in [4.69, 9.17) is 0 Å². The molecule has 0 spiro atoms. The van der Waals surface area contributed by atoms with Crippen LogP contribution < -0.4 is 10.6 Å². The normalized spacial score (nSPS) is 10.0. The molecule has 2 N–H and O–H groups in total. The fourth-order valence-corrected chi connectivity index (χ4v) is 1.91. The maximum Gasteiger partial charge on any atom is 0.269 e. The van der Waals surface area contributed by atoms with Crippen molar-refractivity contribution in [1.29, 1.82) is 0 Å². The van der Waals surface area contributed by atoms with Crippen LogP contribution in [0.5, 0.6) is 0 Å². The van der Waals surface area contributed by atoms with Crippen LogP contribution in [0.25, 0.3) is 0 Å². The summed E-state index contributed by atoms with van der Waals surface area (Å²) in [6.45, 7) is 0.344. The summed E-state index contributed by atoms with van der Waals surface area (Å²) in [5, 5.41) is 26.7. The maximum absolute atomic E-state index is 11.8. The topological polar surface area (TPSA) is 127 Å². The smallest absolute Gasteiger partial charge is 0.269 e. The second-order valence-corrected chi connectivity index (χ2v) is 4.83. The minimum atomic E-state index is -0.514. The fraction of sp³-hybridized carbons (Fsp3) is 0.133. The molecule has 0 atom stereocenters. The van der Waals surface area contributed by atoms with E-state index < -0.39 is 9.85 Å². The van der Waals surface area contributed by atoms with E-state index in [-0.39, 0.29) is 23.7 Å². The van der Waals surface area contributed by atoms with E-state index in [0.29, 0.717) is 17.9 Å². The monoisotopic (exact) mass is 330 g/mol. The van der Waals surface area contributed by atoms with Gasteiger partial charge in [-0.05, 0) is 24.3 Å². The highest BCUT2D eigenvalue weighted by atomic mass is 16.6. The first-order valence-electron chi connectivity index (χ1n) is 6.98. The van der Waals surface area contributed by atoms with Crippen LogP contribution in [0.4, 0.5) is 22.7 Å². The van der Waals surface area contributed by atoms with E-state index in [2.05, 4.69) is 10.6 Å². The summed E-state index contributed by atoms with van der Waals surface area (Å²) in [5.74, 6) is -0.252. The molecule has 9 nitrogen and oxygen atoms in total.